The van der Waals surface area contributed by atoms with Crippen LogP contribution in [-0.2, 0) is 17.6 Å². The number of hydrogen-bond acceptors (Lipinski definition) is 5. The number of anilines is 1. The van der Waals surface area contributed by atoms with Crippen LogP contribution in [0, 0.1) is 6.92 Å². The highest BCUT2D eigenvalue weighted by Crippen LogP contribution is 2.27. The number of amides is 1. The number of nitrogens with zero attached hydrogens (tertiary/aromatic N) is 3. The lowest BCUT2D eigenvalue weighted by molar-refractivity contribution is -0.115. The van der Waals surface area contributed by atoms with Gasteiger partial charge >= 0.3 is 0 Å². The summed E-state index contributed by atoms with van der Waals surface area (Å²) in [5.74, 6) is 0.550. The van der Waals surface area contributed by atoms with Crippen molar-refractivity contribution in [3.63, 3.8) is 0 Å². The summed E-state index contributed by atoms with van der Waals surface area (Å²) < 4.78 is 1.48. The first kappa shape index (κ1) is 19.8. The summed E-state index contributed by atoms with van der Waals surface area (Å²) in [5, 5.41) is 9.47. The molecule has 2 N–H and O–H groups in total. The third-order valence-electron chi connectivity index (χ3n) is 4.54. The van der Waals surface area contributed by atoms with Crippen LogP contribution in [0.1, 0.15) is 23.7 Å². The molecule has 0 aliphatic rings. The van der Waals surface area contributed by atoms with Gasteiger partial charge in [0.15, 0.2) is 0 Å². The monoisotopic (exact) mass is 419 g/mol. The molecule has 4 aromatic rings. The van der Waals surface area contributed by atoms with Crippen LogP contribution in [0.25, 0.3) is 16.5 Å². The highest BCUT2D eigenvalue weighted by molar-refractivity contribution is 7.13. The van der Waals surface area contributed by atoms with Gasteiger partial charge in [0.05, 0.1) is 11.3 Å². The predicted octanol–water partition coefficient (Wildman–Crippen LogP) is 3.74. The molecule has 8 heteroatoms. The van der Waals surface area contributed by atoms with Crippen molar-refractivity contribution in [1.29, 1.82) is 0 Å². The van der Waals surface area contributed by atoms with E-state index in [1.54, 1.807) is 17.4 Å². The van der Waals surface area contributed by atoms with Crippen molar-refractivity contribution in [3.05, 3.63) is 81.1 Å². The van der Waals surface area contributed by atoms with Crippen LogP contribution in [-0.4, -0.2) is 25.7 Å². The average Bonchev–Trinajstić information content (AvgIpc) is 3.37. The molecular weight excluding hydrogens is 398 g/mol. The van der Waals surface area contributed by atoms with E-state index >= 15 is 0 Å². The molecule has 7 nitrogen and oxygen atoms in total. The van der Waals surface area contributed by atoms with Crippen molar-refractivity contribution in [2.24, 2.45) is 0 Å². The van der Waals surface area contributed by atoms with Gasteiger partial charge < -0.3 is 5.32 Å². The Hall–Kier alpha value is -3.52. The van der Waals surface area contributed by atoms with Crippen LogP contribution >= 0.6 is 11.3 Å². The van der Waals surface area contributed by atoms with Crippen LogP contribution in [0.2, 0.25) is 0 Å². The normalized spacial score (nSPS) is 10.9. The number of aromatic amines is 1. The molecule has 0 bridgehead atoms. The zero-order chi connectivity index (χ0) is 21.1. The van der Waals surface area contributed by atoms with E-state index in [1.807, 2.05) is 55.6 Å². The van der Waals surface area contributed by atoms with Gasteiger partial charge in [0.25, 0.3) is 5.56 Å². The average molecular weight is 420 g/mol. The molecule has 0 fully saturated rings. The van der Waals surface area contributed by atoms with Crippen molar-refractivity contribution in [1.82, 2.24) is 19.7 Å². The minimum atomic E-state index is -0.262. The first-order chi connectivity index (χ1) is 14.5. The molecule has 0 atom stereocenters. The topological polar surface area (TPSA) is 92.7 Å². The molecule has 0 aliphatic heterocycles. The lowest BCUT2D eigenvalue weighted by Gasteiger charge is -2.09. The number of carbonyl (C=O) groups excluding carboxylic acids is 1. The van der Waals surface area contributed by atoms with Gasteiger partial charge in [-0.15, -0.1) is 11.3 Å². The van der Waals surface area contributed by atoms with Gasteiger partial charge in [-0.2, -0.15) is 9.78 Å². The Morgan fingerprint density at radius 3 is 2.80 bits per heavy atom. The van der Waals surface area contributed by atoms with Gasteiger partial charge in [-0.05, 0) is 30.4 Å². The maximum Gasteiger partial charge on any atom is 0.252 e. The molecule has 30 heavy (non-hydrogen) atoms. The standard InChI is InChI=1S/C22H21N5O2S/c1-3-16-12-21(29)25-22(23-16)27-19(13-17(26-27)18-8-5-9-30-18)24-20(28)11-15-7-4-6-14(2)10-15/h4-10,12-13H,3,11H2,1-2H3,(H,24,28)(H,23,25,29). The summed E-state index contributed by atoms with van der Waals surface area (Å²) >= 11 is 1.55. The van der Waals surface area contributed by atoms with Crippen LogP contribution in [0.3, 0.4) is 0 Å². The van der Waals surface area contributed by atoms with E-state index in [9.17, 15) is 9.59 Å². The van der Waals surface area contributed by atoms with Crippen molar-refractivity contribution < 1.29 is 4.79 Å². The van der Waals surface area contributed by atoms with E-state index in [0.29, 0.717) is 23.6 Å². The van der Waals surface area contributed by atoms with E-state index in [0.717, 1.165) is 16.0 Å². The summed E-state index contributed by atoms with van der Waals surface area (Å²) in [5.41, 5.74) is 3.11. The third-order valence-corrected chi connectivity index (χ3v) is 5.44. The minimum Gasteiger partial charge on any atom is -0.310 e. The molecule has 3 aromatic heterocycles. The Balaban J connectivity index is 1.70. The maximum atomic E-state index is 12.7. The molecular formula is C22H21N5O2S. The maximum absolute atomic E-state index is 12.7. The van der Waals surface area contributed by atoms with Crippen LogP contribution in [0.15, 0.2) is 58.7 Å². The summed E-state index contributed by atoms with van der Waals surface area (Å²) in [6, 6.07) is 15.0. The number of rotatable bonds is 6. The number of nitrogens with one attached hydrogen (secondary N) is 2. The molecule has 1 aromatic carbocycles. The minimum absolute atomic E-state index is 0.173. The fourth-order valence-electron chi connectivity index (χ4n) is 3.15. The van der Waals surface area contributed by atoms with Gasteiger partial charge in [0.1, 0.15) is 11.5 Å². The lowest BCUT2D eigenvalue weighted by Crippen LogP contribution is -2.20. The second-order valence-corrected chi connectivity index (χ2v) is 7.88. The first-order valence-electron chi connectivity index (χ1n) is 9.62. The quantitative estimate of drug-likeness (QED) is 0.498. The summed E-state index contributed by atoms with van der Waals surface area (Å²) in [7, 11) is 0. The Kier molecular flexibility index (Phi) is 5.58. The Morgan fingerprint density at radius 2 is 2.07 bits per heavy atom. The largest absolute Gasteiger partial charge is 0.310 e. The number of aryl methyl sites for hydroxylation is 2. The number of thiophene rings is 1. The fourth-order valence-corrected chi connectivity index (χ4v) is 3.83. The third kappa shape index (κ3) is 4.38. The molecule has 152 valence electrons. The highest BCUT2D eigenvalue weighted by Gasteiger charge is 2.16. The first-order valence-corrected chi connectivity index (χ1v) is 10.5. The molecule has 4 rings (SSSR count). The molecule has 3 heterocycles. The number of H-pyrrole nitrogens is 1. The van der Waals surface area contributed by atoms with Crippen LogP contribution in [0.5, 0.6) is 0 Å². The molecule has 0 saturated carbocycles. The number of aromatic nitrogens is 4. The zero-order valence-electron chi connectivity index (χ0n) is 16.7. The van der Waals surface area contributed by atoms with Crippen molar-refractivity contribution in [3.8, 4) is 16.5 Å². The molecule has 1 amide bonds. The van der Waals surface area contributed by atoms with Gasteiger partial charge in [-0.1, -0.05) is 42.8 Å². The Bertz CT molecular complexity index is 1240. The van der Waals surface area contributed by atoms with E-state index in [1.165, 1.54) is 10.7 Å². The van der Waals surface area contributed by atoms with Crippen LogP contribution in [0.4, 0.5) is 5.82 Å². The second-order valence-electron chi connectivity index (χ2n) is 6.93. The van der Waals surface area contributed by atoms with Gasteiger partial charge in [-0.3, -0.25) is 14.6 Å². The van der Waals surface area contributed by atoms with E-state index in [4.69, 9.17) is 0 Å². The van der Waals surface area contributed by atoms with Crippen molar-refractivity contribution in [2.45, 2.75) is 26.7 Å². The molecule has 0 aliphatic carbocycles. The van der Waals surface area contributed by atoms with Crippen molar-refractivity contribution >= 4 is 23.1 Å². The van der Waals surface area contributed by atoms with E-state index in [2.05, 4.69) is 20.4 Å². The molecule has 0 spiro atoms. The van der Waals surface area contributed by atoms with E-state index < -0.39 is 0 Å². The summed E-state index contributed by atoms with van der Waals surface area (Å²) in [6.45, 7) is 3.92. The predicted molar refractivity (Wildman–Crippen MR) is 118 cm³/mol. The summed E-state index contributed by atoms with van der Waals surface area (Å²) in [4.78, 5) is 32.9. The van der Waals surface area contributed by atoms with Gasteiger partial charge in [0.2, 0.25) is 11.9 Å². The Labute approximate surface area is 177 Å². The fraction of sp³-hybridized carbons (Fsp3) is 0.182. The summed E-state index contributed by atoms with van der Waals surface area (Å²) in [6.07, 6.45) is 0.852. The number of benzene rings is 1. The van der Waals surface area contributed by atoms with Crippen LogP contribution < -0.4 is 10.9 Å². The molecule has 0 radical (unpaired) electrons. The van der Waals surface area contributed by atoms with Gasteiger partial charge in [-0.25, -0.2) is 4.98 Å². The molecule has 0 saturated heterocycles. The SMILES string of the molecule is CCc1cc(=O)[nH]c(-n2nc(-c3cccs3)cc2NC(=O)Cc2cccc(C)c2)n1. The van der Waals surface area contributed by atoms with E-state index in [-0.39, 0.29) is 23.8 Å². The smallest absolute Gasteiger partial charge is 0.252 e. The molecule has 0 unspecified atom stereocenters. The highest BCUT2D eigenvalue weighted by atomic mass is 32.1. The zero-order valence-corrected chi connectivity index (χ0v) is 17.5. The van der Waals surface area contributed by atoms with Crippen molar-refractivity contribution in [2.75, 3.05) is 5.32 Å². The number of hydrogen-bond donors (Lipinski definition) is 2. The van der Waals surface area contributed by atoms with Gasteiger partial charge in [0, 0.05) is 17.8 Å². The lowest BCUT2D eigenvalue weighted by atomic mass is 10.1. The Morgan fingerprint density at radius 1 is 1.20 bits per heavy atom. The second kappa shape index (κ2) is 8.46. The number of carbonyl (C=O) groups is 1.